The summed E-state index contributed by atoms with van der Waals surface area (Å²) in [5.74, 6) is 0.0160. The van der Waals surface area contributed by atoms with Gasteiger partial charge in [0, 0.05) is 6.61 Å². The van der Waals surface area contributed by atoms with Gasteiger partial charge in [-0.15, -0.1) is 0 Å². The number of hydrogen-bond acceptors (Lipinski definition) is 29. The number of phosphoric acid groups is 2. The number of aliphatic hydroxyl groups is 4. The molecule has 6 unspecified atom stereocenters. The van der Waals surface area contributed by atoms with Crippen molar-refractivity contribution >= 4 is 85.1 Å². The van der Waals surface area contributed by atoms with Crippen LogP contribution in [0.4, 0.5) is 17.5 Å². The lowest BCUT2D eigenvalue weighted by Gasteiger charge is -2.38. The number of ether oxygens (including phenoxy) is 4. The normalized spacial score (nSPS) is 32.0. The van der Waals surface area contributed by atoms with E-state index in [4.69, 9.17) is 75.7 Å². The highest BCUT2D eigenvalue weighted by Gasteiger charge is 2.59. The number of phosphoric ester groups is 2. The molecule has 34 nitrogen and oxygen atoms in total. The molecule has 0 bridgehead atoms. The van der Waals surface area contributed by atoms with Gasteiger partial charge in [0.15, 0.2) is 53.1 Å². The summed E-state index contributed by atoms with van der Waals surface area (Å²) in [6.07, 6.45) is -9.09. The first-order valence-electron chi connectivity index (χ1n) is 21.8. The fraction of sp³-hybridized carbons (Fsp3) is 0.571. The van der Waals surface area contributed by atoms with Crippen LogP contribution < -0.4 is 17.2 Å². The molecule has 4 saturated heterocycles. The van der Waals surface area contributed by atoms with E-state index in [1.54, 1.807) is 0 Å². The predicted octanol–water partition coefficient (Wildman–Crippen LogP) is -2.18. The largest absolute Gasteiger partial charge is 0.472 e. The first kappa shape index (κ1) is 51.9. The molecule has 0 spiro atoms. The van der Waals surface area contributed by atoms with E-state index in [9.17, 15) is 39.1 Å². The lowest BCUT2D eigenvalue weighted by atomic mass is 9.89. The number of nitrogen functional groups attached to an aromatic ring is 3. The molecule has 38 heteroatoms. The third-order valence-corrected chi connectivity index (χ3v) is 15.8. The van der Waals surface area contributed by atoms with Crippen molar-refractivity contribution in [2.24, 2.45) is 0 Å². The van der Waals surface area contributed by atoms with Gasteiger partial charge in [-0.25, -0.2) is 54.0 Å². The molecule has 10 heterocycles. The van der Waals surface area contributed by atoms with E-state index in [0.29, 0.717) is 6.42 Å². The zero-order valence-electron chi connectivity index (χ0n) is 37.3. The van der Waals surface area contributed by atoms with E-state index in [0.717, 1.165) is 12.7 Å². The maximum atomic E-state index is 14.1. The molecule has 13 N–H and O–H groups in total. The molecule has 0 amide bonds. The lowest BCUT2D eigenvalue weighted by molar-refractivity contribution is -0.165. The van der Waals surface area contributed by atoms with Crippen LogP contribution in [0.1, 0.15) is 31.5 Å². The highest BCUT2D eigenvalue weighted by molar-refractivity contribution is 8.07. The van der Waals surface area contributed by atoms with Crippen molar-refractivity contribution in [2.45, 2.75) is 86.0 Å². The number of fused-ring (bicyclic) bond motifs is 4. The van der Waals surface area contributed by atoms with Crippen molar-refractivity contribution < 1.29 is 90.3 Å². The zero-order chi connectivity index (χ0) is 51.6. The van der Waals surface area contributed by atoms with Gasteiger partial charge in [-0.1, -0.05) is 0 Å². The summed E-state index contributed by atoms with van der Waals surface area (Å²) >= 11 is 5.37. The molecule has 0 radical (unpaired) electrons. The van der Waals surface area contributed by atoms with Crippen LogP contribution in [0.3, 0.4) is 0 Å². The number of aromatic nitrogens is 12. The van der Waals surface area contributed by atoms with Crippen LogP contribution in [0.15, 0.2) is 38.0 Å². The molecule has 6 aromatic rings. The van der Waals surface area contributed by atoms with Crippen molar-refractivity contribution in [3.63, 3.8) is 0 Å². The number of nitrogens with two attached hydrogens (primary N) is 3. The Balaban J connectivity index is 0.872. The summed E-state index contributed by atoms with van der Waals surface area (Å²) in [4.78, 5) is 70.1. The Labute approximate surface area is 413 Å². The second-order valence-electron chi connectivity index (χ2n) is 16.8. The van der Waals surface area contributed by atoms with Gasteiger partial charge in [-0.05, 0) is 24.6 Å². The number of imidazole rings is 3. The van der Waals surface area contributed by atoms with Crippen molar-refractivity contribution in [1.29, 1.82) is 0 Å². The molecule has 73 heavy (non-hydrogen) atoms. The SMILES string of the molecule is Nc1ncnc2c1ncn2[C@@H]1O[C@H](COP(O)(=S)OC2[C@@H](O)[C@@H](COP(=O)(O)OCCO)O[C@H]2n2cnc3c(N)ncnc32)[C@H](O)C1OP(=O)(O)OC[C@]12CCCO[C@@H]1C(O)[C@H](n1cnc3c(N)ncnc31)O2. The van der Waals surface area contributed by atoms with Gasteiger partial charge >= 0.3 is 22.4 Å². The minimum atomic E-state index is -5.30. The molecule has 0 aliphatic carbocycles. The first-order valence-corrected chi connectivity index (χ1v) is 27.4. The summed E-state index contributed by atoms with van der Waals surface area (Å²) in [6.45, 7) is -7.82. The Bertz CT molecular complexity index is 3140. The van der Waals surface area contributed by atoms with Gasteiger partial charge in [-0.2, -0.15) is 0 Å². The number of anilines is 3. The molecule has 0 saturated carbocycles. The summed E-state index contributed by atoms with van der Waals surface area (Å²) in [5, 5.41) is 43.9. The molecular formula is C35H46N15O19P3S. The Morgan fingerprint density at radius 2 is 1.15 bits per heavy atom. The monoisotopic (exact) mass is 1110 g/mol. The molecule has 6 aromatic heterocycles. The standard InChI is InChI=1S/C35H46N15O19P3S/c36-26-17-29(42-9-39-26)48(12-45-17)32-22(54)25-35(67-32,2-1-4-60-25)8-64-71(57,58)68-23-20(52)16(66-33(23)49-13-46-18-27(37)40-10-43-30(18)49)7-63-72(59,73)69-24-21(53)15(6-62-70(55,56)61-5-3-51)65-34(24)50-14-47-19-28(38)41-11-44-31(19)50/h9-16,20-25,32-34,51-54H,1-8H2,(H,55,56)(H,57,58)(H,59,73)(H2,36,39,42)(H2,37,40,43)(H2,38,41,44)/t15-,16-,20+,21+,22?,23?,24?,25-,32-,33-,34-,35-,72?/m1/s1. The van der Waals surface area contributed by atoms with Crippen LogP contribution >= 0.6 is 22.4 Å². The van der Waals surface area contributed by atoms with Crippen LogP contribution in [0.25, 0.3) is 33.5 Å². The molecule has 4 fully saturated rings. The second-order valence-corrected chi connectivity index (χ2v) is 22.4. The van der Waals surface area contributed by atoms with E-state index in [-0.39, 0.29) is 64.0 Å². The average molecular weight is 1110 g/mol. The van der Waals surface area contributed by atoms with Crippen molar-refractivity contribution in [2.75, 3.05) is 56.8 Å². The van der Waals surface area contributed by atoms with Gasteiger partial charge in [0.1, 0.15) is 90.0 Å². The topological polar surface area (TPSA) is 477 Å². The molecule has 10 rings (SSSR count). The first-order chi connectivity index (χ1) is 34.8. The number of rotatable bonds is 19. The molecule has 15 atom stereocenters. The summed E-state index contributed by atoms with van der Waals surface area (Å²) < 4.78 is 87.4. The third-order valence-electron chi connectivity index (χ3n) is 12.3. The molecule has 4 aliphatic heterocycles. The van der Waals surface area contributed by atoms with E-state index in [1.165, 1.54) is 39.0 Å². The Morgan fingerprint density at radius 1 is 0.658 bits per heavy atom. The van der Waals surface area contributed by atoms with Gasteiger partial charge in [0.25, 0.3) is 0 Å². The van der Waals surface area contributed by atoms with Crippen LogP contribution in [-0.4, -0.2) is 188 Å². The summed E-state index contributed by atoms with van der Waals surface area (Å²) in [6, 6.07) is 0. The highest BCUT2D eigenvalue weighted by Crippen LogP contribution is 2.55. The van der Waals surface area contributed by atoms with E-state index < -0.39 is 129 Å². The molecular weight excluding hydrogens is 1060 g/mol. The lowest BCUT2D eigenvalue weighted by Crippen LogP contribution is -2.51. The van der Waals surface area contributed by atoms with Crippen molar-refractivity contribution in [3.05, 3.63) is 38.0 Å². The maximum Gasteiger partial charge on any atom is 0.472 e. The molecule has 0 aromatic carbocycles. The average Bonchev–Trinajstić information content (AvgIpc) is 4.22. The van der Waals surface area contributed by atoms with Gasteiger partial charge in [0.05, 0.1) is 52.0 Å². The van der Waals surface area contributed by atoms with Gasteiger partial charge in [-0.3, -0.25) is 36.3 Å². The minimum absolute atomic E-state index is 0.0247. The predicted molar refractivity (Wildman–Crippen MR) is 244 cm³/mol. The maximum absolute atomic E-state index is 14.1. The Morgan fingerprint density at radius 3 is 1.67 bits per heavy atom. The Kier molecular flexibility index (Phi) is 14.4. The fourth-order valence-electron chi connectivity index (χ4n) is 8.92. The summed E-state index contributed by atoms with van der Waals surface area (Å²) in [5.41, 5.74) is 17.3. The van der Waals surface area contributed by atoms with E-state index in [2.05, 4.69) is 49.4 Å². The molecule has 4 aliphatic rings. The summed E-state index contributed by atoms with van der Waals surface area (Å²) in [7, 11) is -10.1. The van der Waals surface area contributed by atoms with E-state index in [1.807, 2.05) is 0 Å². The highest BCUT2D eigenvalue weighted by atomic mass is 32.5. The smallest absolute Gasteiger partial charge is 0.394 e. The van der Waals surface area contributed by atoms with Crippen LogP contribution in [0.5, 0.6) is 0 Å². The second kappa shape index (κ2) is 20.2. The van der Waals surface area contributed by atoms with Crippen LogP contribution in [-0.2, 0) is 67.0 Å². The van der Waals surface area contributed by atoms with E-state index >= 15 is 0 Å². The fourth-order valence-corrected chi connectivity index (χ4v) is 12.0. The van der Waals surface area contributed by atoms with Crippen LogP contribution in [0.2, 0.25) is 0 Å². The van der Waals surface area contributed by atoms with Crippen LogP contribution in [0, 0.1) is 0 Å². The zero-order valence-corrected chi connectivity index (χ0v) is 40.8. The Hall–Kier alpha value is -4.52. The molecule has 396 valence electrons. The quantitative estimate of drug-likeness (QED) is 0.0386. The van der Waals surface area contributed by atoms with Gasteiger partial charge < -0.3 is 75.8 Å². The third kappa shape index (κ3) is 10.1. The van der Waals surface area contributed by atoms with Crippen molar-refractivity contribution in [1.82, 2.24) is 58.6 Å². The number of hydrogen-bond donors (Lipinski definition) is 10. The minimum Gasteiger partial charge on any atom is -0.394 e. The number of aliphatic hydroxyl groups excluding tert-OH is 4. The van der Waals surface area contributed by atoms with Crippen molar-refractivity contribution in [3.8, 4) is 0 Å². The van der Waals surface area contributed by atoms with Gasteiger partial charge in [0.2, 0.25) is 0 Å². The number of nitrogens with zero attached hydrogens (tertiary/aromatic N) is 12.